The Hall–Kier alpha value is -0.880. The number of nitrogens with zero attached hydrogens (tertiary/aromatic N) is 1. The molecule has 5 nitrogen and oxygen atoms in total. The first kappa shape index (κ1) is 12.6. The molecule has 1 aromatic rings. The molecule has 1 aliphatic rings. The molecule has 0 aromatic carbocycles. The topological polar surface area (TPSA) is 75.2 Å². The van der Waals surface area contributed by atoms with Crippen LogP contribution < -0.4 is 5.56 Å². The Morgan fingerprint density at radius 1 is 1.41 bits per heavy atom. The molecule has 1 heterocycles. The molecule has 0 aliphatic heterocycles. The number of methoxy groups -OCH3 is 1. The lowest BCUT2D eigenvalue weighted by Crippen LogP contribution is -2.35. The lowest BCUT2D eigenvalue weighted by atomic mass is 9.84. The van der Waals surface area contributed by atoms with Crippen LogP contribution in [0.3, 0.4) is 0 Å². The van der Waals surface area contributed by atoms with Gasteiger partial charge in [-0.3, -0.25) is 4.79 Å². The minimum absolute atomic E-state index is 0.0586. The van der Waals surface area contributed by atoms with Gasteiger partial charge >= 0.3 is 0 Å². The van der Waals surface area contributed by atoms with Crippen molar-refractivity contribution < 1.29 is 9.84 Å². The summed E-state index contributed by atoms with van der Waals surface area (Å²) in [5, 5.41) is 9.59. The second-order valence-electron chi connectivity index (χ2n) is 4.31. The van der Waals surface area contributed by atoms with E-state index in [-0.39, 0.29) is 15.9 Å². The number of hydrogen-bond acceptors (Lipinski definition) is 4. The molecule has 1 aliphatic carbocycles. The molecule has 1 saturated carbocycles. The van der Waals surface area contributed by atoms with Crippen LogP contribution >= 0.6 is 15.9 Å². The SMILES string of the molecule is COC1(c2nc(O)c(Br)c(=O)[nH]2)CCCCC1. The number of rotatable bonds is 2. The first-order valence-corrected chi connectivity index (χ1v) is 6.43. The lowest BCUT2D eigenvalue weighted by Gasteiger charge is -2.34. The predicted molar refractivity (Wildman–Crippen MR) is 66.0 cm³/mol. The minimum atomic E-state index is -0.560. The van der Waals surface area contributed by atoms with Crippen molar-refractivity contribution in [2.45, 2.75) is 37.7 Å². The minimum Gasteiger partial charge on any atom is -0.492 e. The molecule has 1 aromatic heterocycles. The Kier molecular flexibility index (Phi) is 3.53. The summed E-state index contributed by atoms with van der Waals surface area (Å²) in [4.78, 5) is 18.3. The zero-order valence-corrected chi connectivity index (χ0v) is 11.2. The first-order valence-electron chi connectivity index (χ1n) is 5.63. The first-order chi connectivity index (χ1) is 8.09. The second kappa shape index (κ2) is 4.78. The molecule has 0 radical (unpaired) electrons. The monoisotopic (exact) mass is 302 g/mol. The van der Waals surface area contributed by atoms with Crippen molar-refractivity contribution in [1.82, 2.24) is 9.97 Å². The summed E-state index contributed by atoms with van der Waals surface area (Å²) in [7, 11) is 1.62. The molecule has 6 heteroatoms. The van der Waals surface area contributed by atoms with Crippen LogP contribution in [0.2, 0.25) is 0 Å². The number of hydrogen-bond donors (Lipinski definition) is 2. The molecule has 94 valence electrons. The Labute approximate surface area is 107 Å². The highest BCUT2D eigenvalue weighted by molar-refractivity contribution is 9.10. The van der Waals surface area contributed by atoms with E-state index < -0.39 is 5.60 Å². The van der Waals surface area contributed by atoms with E-state index >= 15 is 0 Å². The average Bonchev–Trinajstić information content (AvgIpc) is 2.36. The summed E-state index contributed by atoms with van der Waals surface area (Å²) in [5.41, 5.74) is -0.940. The largest absolute Gasteiger partial charge is 0.492 e. The summed E-state index contributed by atoms with van der Waals surface area (Å²) in [6, 6.07) is 0. The van der Waals surface area contributed by atoms with E-state index in [4.69, 9.17) is 4.74 Å². The van der Waals surface area contributed by atoms with Crippen LogP contribution in [0.25, 0.3) is 0 Å². The summed E-state index contributed by atoms with van der Waals surface area (Å²) in [6.07, 6.45) is 4.86. The van der Waals surface area contributed by atoms with Gasteiger partial charge in [0.15, 0.2) is 0 Å². The molecule has 2 rings (SSSR count). The zero-order valence-electron chi connectivity index (χ0n) is 9.62. The van der Waals surface area contributed by atoms with Gasteiger partial charge in [-0.25, -0.2) is 0 Å². The normalized spacial score (nSPS) is 19.2. The summed E-state index contributed by atoms with van der Waals surface area (Å²) in [5.74, 6) is 0.135. The fraction of sp³-hybridized carbons (Fsp3) is 0.636. The van der Waals surface area contributed by atoms with Gasteiger partial charge in [-0.1, -0.05) is 19.3 Å². The molecule has 0 saturated heterocycles. The molecular weight excluding hydrogens is 288 g/mol. The molecule has 0 bridgehead atoms. The number of halogens is 1. The van der Waals surface area contributed by atoms with E-state index in [1.54, 1.807) is 7.11 Å². The number of H-pyrrole nitrogens is 1. The number of aromatic amines is 1. The maximum absolute atomic E-state index is 11.6. The molecule has 0 atom stereocenters. The van der Waals surface area contributed by atoms with Gasteiger partial charge in [-0.15, -0.1) is 0 Å². The molecule has 0 spiro atoms. The molecule has 17 heavy (non-hydrogen) atoms. The third kappa shape index (κ3) is 2.24. The van der Waals surface area contributed by atoms with Gasteiger partial charge in [0.1, 0.15) is 15.9 Å². The van der Waals surface area contributed by atoms with Crippen molar-refractivity contribution in [1.29, 1.82) is 0 Å². The van der Waals surface area contributed by atoms with Gasteiger partial charge in [0, 0.05) is 7.11 Å². The van der Waals surface area contributed by atoms with Gasteiger partial charge in [-0.2, -0.15) is 4.98 Å². The van der Waals surface area contributed by atoms with Crippen molar-refractivity contribution in [2.24, 2.45) is 0 Å². The van der Waals surface area contributed by atoms with E-state index in [0.717, 1.165) is 32.1 Å². The van der Waals surface area contributed by atoms with Gasteiger partial charge in [0.2, 0.25) is 5.88 Å². The smallest absolute Gasteiger partial charge is 0.269 e. The quantitative estimate of drug-likeness (QED) is 0.876. The number of aromatic hydroxyl groups is 1. The number of aromatic nitrogens is 2. The van der Waals surface area contributed by atoms with Gasteiger partial charge < -0.3 is 14.8 Å². The zero-order chi connectivity index (χ0) is 12.5. The van der Waals surface area contributed by atoms with Crippen LogP contribution in [0.1, 0.15) is 37.9 Å². The van der Waals surface area contributed by atoms with E-state index in [1.165, 1.54) is 0 Å². The molecule has 2 N–H and O–H groups in total. The lowest BCUT2D eigenvalue weighted by molar-refractivity contribution is -0.0520. The van der Waals surface area contributed by atoms with Crippen LogP contribution in [0.4, 0.5) is 0 Å². The van der Waals surface area contributed by atoms with Crippen LogP contribution in [0, 0.1) is 0 Å². The maximum Gasteiger partial charge on any atom is 0.269 e. The Balaban J connectivity index is 2.47. The molecule has 0 amide bonds. The summed E-state index contributed by atoms with van der Waals surface area (Å²) < 4.78 is 5.61. The highest BCUT2D eigenvalue weighted by Crippen LogP contribution is 2.38. The average molecular weight is 303 g/mol. The van der Waals surface area contributed by atoms with Crippen LogP contribution in [-0.4, -0.2) is 22.2 Å². The van der Waals surface area contributed by atoms with Crippen molar-refractivity contribution in [3.05, 3.63) is 20.7 Å². The maximum atomic E-state index is 11.6. The standard InChI is InChI=1S/C11H15BrN2O3/c1-17-11(5-3-2-4-6-11)10-13-8(15)7(12)9(16)14-10/h2-6H2,1H3,(H2,13,14,15,16). The van der Waals surface area contributed by atoms with E-state index in [9.17, 15) is 9.90 Å². The fourth-order valence-corrected chi connectivity index (χ4v) is 2.51. The van der Waals surface area contributed by atoms with Crippen molar-refractivity contribution in [3.63, 3.8) is 0 Å². The van der Waals surface area contributed by atoms with Gasteiger partial charge in [0.25, 0.3) is 5.56 Å². The van der Waals surface area contributed by atoms with Crippen molar-refractivity contribution in [2.75, 3.05) is 7.11 Å². The second-order valence-corrected chi connectivity index (χ2v) is 5.10. The van der Waals surface area contributed by atoms with Crippen LogP contribution in [0.15, 0.2) is 9.27 Å². The predicted octanol–water partition coefficient (Wildman–Crippen LogP) is 2.04. The van der Waals surface area contributed by atoms with E-state index in [0.29, 0.717) is 5.82 Å². The van der Waals surface area contributed by atoms with E-state index in [1.807, 2.05) is 0 Å². The Morgan fingerprint density at radius 3 is 2.59 bits per heavy atom. The van der Waals surface area contributed by atoms with Crippen LogP contribution in [-0.2, 0) is 10.3 Å². The van der Waals surface area contributed by atoms with Crippen molar-refractivity contribution in [3.8, 4) is 5.88 Å². The van der Waals surface area contributed by atoms with Crippen molar-refractivity contribution >= 4 is 15.9 Å². The van der Waals surface area contributed by atoms with Gasteiger partial charge in [0.05, 0.1) is 0 Å². The summed E-state index contributed by atoms with van der Waals surface area (Å²) in [6.45, 7) is 0. The molecular formula is C11H15BrN2O3. The number of nitrogens with one attached hydrogen (secondary N) is 1. The fourth-order valence-electron chi connectivity index (χ4n) is 2.32. The Bertz CT molecular complexity index is 466. The Morgan fingerprint density at radius 2 is 2.06 bits per heavy atom. The third-order valence-corrected chi connectivity index (χ3v) is 4.04. The van der Waals surface area contributed by atoms with Crippen LogP contribution in [0.5, 0.6) is 5.88 Å². The van der Waals surface area contributed by atoms with E-state index in [2.05, 4.69) is 25.9 Å². The molecule has 1 fully saturated rings. The highest BCUT2D eigenvalue weighted by Gasteiger charge is 2.37. The highest BCUT2D eigenvalue weighted by atomic mass is 79.9. The van der Waals surface area contributed by atoms with Gasteiger partial charge in [-0.05, 0) is 28.8 Å². The molecule has 0 unspecified atom stereocenters. The summed E-state index contributed by atoms with van der Waals surface area (Å²) >= 11 is 2.98. The number of ether oxygens (including phenoxy) is 1. The third-order valence-electron chi connectivity index (χ3n) is 3.33.